The minimum Gasteiger partial charge on any atom is -0.368 e. The number of aromatic nitrogens is 1. The molecule has 0 unspecified atom stereocenters. The van der Waals surface area contributed by atoms with E-state index in [1.807, 2.05) is 23.2 Å². The minimum absolute atomic E-state index is 0.208. The zero-order chi connectivity index (χ0) is 29.1. The number of carbonyl (C=O) groups is 1. The van der Waals surface area contributed by atoms with Crippen LogP contribution in [-0.2, 0) is 21.5 Å². The third-order valence-electron chi connectivity index (χ3n) is 7.85. The van der Waals surface area contributed by atoms with Crippen molar-refractivity contribution in [3.8, 4) is 0 Å². The number of rotatable bonds is 14. The van der Waals surface area contributed by atoms with Gasteiger partial charge in [0.25, 0.3) is 10.1 Å². The number of hydrogen-bond acceptors (Lipinski definition) is 4. The van der Waals surface area contributed by atoms with Crippen molar-refractivity contribution in [3.63, 3.8) is 0 Å². The average Bonchev–Trinajstić information content (AvgIpc) is 2.98. The maximum atomic E-state index is 12.6. The molecule has 0 radical (unpaired) electrons. The first-order valence-electron chi connectivity index (χ1n) is 15.0. The first-order valence-corrected chi connectivity index (χ1v) is 16.6. The molecule has 2 aromatic carbocycles. The largest absolute Gasteiger partial charge is 0.368 e. The first kappa shape index (κ1) is 30.7. The van der Waals surface area contributed by atoms with Crippen molar-refractivity contribution in [2.45, 2.75) is 64.8 Å². The monoisotopic (exact) mass is 578 g/mol. The van der Waals surface area contributed by atoms with Crippen molar-refractivity contribution >= 4 is 44.8 Å². The van der Waals surface area contributed by atoms with Gasteiger partial charge in [0.05, 0.1) is 11.1 Å². The number of para-hydroxylation sites is 1. The first-order chi connectivity index (χ1) is 19.8. The second-order valence-corrected chi connectivity index (χ2v) is 12.5. The highest BCUT2D eigenvalue weighted by molar-refractivity contribution is 7.85. The number of piperazine rings is 1. The standard InChI is InChI=1S/C33H43N3O4S/c1-2-3-4-5-6-13-33(37)36-25-23-34(24-26-36)30-18-15-28(16-19-30)14-17-29-20-22-35(21-9-10-27-41(38,39)40)32-12-8-7-11-31(29)32/h7-8,11-12,14-20,22H,2-6,9-10,13,21,23-27H2,1H3/p+1. The number of benzene rings is 2. The molecular formula is C33H44N3O4S+. The Kier molecular flexibility index (Phi) is 11.3. The number of aryl methyl sites for hydroxylation is 1. The topological polar surface area (TPSA) is 81.8 Å². The van der Waals surface area contributed by atoms with Crippen LogP contribution in [0.1, 0.15) is 69.4 Å². The fraction of sp³-hybridized carbons (Fsp3) is 0.455. The minimum atomic E-state index is -3.92. The summed E-state index contributed by atoms with van der Waals surface area (Å²) in [6.45, 7) is 6.20. The van der Waals surface area contributed by atoms with Crippen molar-refractivity contribution in [2.75, 3.05) is 36.8 Å². The van der Waals surface area contributed by atoms with Gasteiger partial charge in [0.2, 0.25) is 11.4 Å². The summed E-state index contributed by atoms with van der Waals surface area (Å²) in [6, 6.07) is 18.9. The Morgan fingerprint density at radius 3 is 2.34 bits per heavy atom. The van der Waals surface area contributed by atoms with Gasteiger partial charge in [0.1, 0.15) is 6.54 Å². The van der Waals surface area contributed by atoms with Gasteiger partial charge in [0, 0.05) is 56.8 Å². The number of pyridine rings is 1. The van der Waals surface area contributed by atoms with Gasteiger partial charge in [-0.15, -0.1) is 0 Å². The molecule has 1 aliphatic heterocycles. The van der Waals surface area contributed by atoms with Gasteiger partial charge >= 0.3 is 0 Å². The molecule has 8 heteroatoms. The predicted octanol–water partition coefficient (Wildman–Crippen LogP) is 5.97. The second-order valence-electron chi connectivity index (χ2n) is 10.9. The highest BCUT2D eigenvalue weighted by Crippen LogP contribution is 2.21. The molecular weight excluding hydrogens is 534 g/mol. The lowest BCUT2D eigenvalue weighted by molar-refractivity contribution is -0.671. The summed E-state index contributed by atoms with van der Waals surface area (Å²) in [7, 11) is -3.92. The van der Waals surface area contributed by atoms with Gasteiger partial charge in [0.15, 0.2) is 6.20 Å². The lowest BCUT2D eigenvalue weighted by Crippen LogP contribution is -2.48. The van der Waals surface area contributed by atoms with E-state index < -0.39 is 10.1 Å². The Hall–Kier alpha value is -3.23. The lowest BCUT2D eigenvalue weighted by Gasteiger charge is -2.36. The summed E-state index contributed by atoms with van der Waals surface area (Å²) in [5.41, 5.74) is 4.52. The number of fused-ring (bicyclic) bond motifs is 1. The van der Waals surface area contributed by atoms with Crippen molar-refractivity contribution in [2.24, 2.45) is 0 Å². The SMILES string of the molecule is CCCCCCCC(=O)N1CCN(c2ccc(/C=C/c3cc[n+](CCCCS(=O)(=O)O)c4ccccc34)cc2)CC1. The lowest BCUT2D eigenvalue weighted by atomic mass is 10.1. The predicted molar refractivity (Wildman–Crippen MR) is 167 cm³/mol. The van der Waals surface area contributed by atoms with E-state index in [0.29, 0.717) is 31.7 Å². The molecule has 0 spiro atoms. The van der Waals surface area contributed by atoms with E-state index in [9.17, 15) is 13.2 Å². The van der Waals surface area contributed by atoms with E-state index in [0.717, 1.165) is 61.1 Å². The molecule has 220 valence electrons. The molecule has 7 nitrogen and oxygen atoms in total. The third-order valence-corrected chi connectivity index (χ3v) is 8.65. The van der Waals surface area contributed by atoms with Crippen molar-refractivity contribution in [1.29, 1.82) is 0 Å². The van der Waals surface area contributed by atoms with Crippen LogP contribution in [0.25, 0.3) is 23.1 Å². The zero-order valence-electron chi connectivity index (χ0n) is 24.2. The number of amides is 1. The van der Waals surface area contributed by atoms with Gasteiger partial charge in [-0.2, -0.15) is 13.0 Å². The Morgan fingerprint density at radius 1 is 0.878 bits per heavy atom. The summed E-state index contributed by atoms with van der Waals surface area (Å²) in [6.07, 6.45) is 13.9. The molecule has 3 aromatic rings. The van der Waals surface area contributed by atoms with Crippen LogP contribution in [0.2, 0.25) is 0 Å². The van der Waals surface area contributed by atoms with E-state index in [1.165, 1.54) is 24.9 Å². The molecule has 1 amide bonds. The smallest absolute Gasteiger partial charge is 0.264 e. The number of hydrogen-bond donors (Lipinski definition) is 1. The van der Waals surface area contributed by atoms with Gasteiger partial charge in [-0.3, -0.25) is 9.35 Å². The van der Waals surface area contributed by atoms with Crippen molar-refractivity contribution in [3.05, 3.63) is 71.9 Å². The quantitative estimate of drug-likeness (QED) is 0.145. The summed E-state index contributed by atoms with van der Waals surface area (Å²) >= 11 is 0. The molecule has 0 aliphatic carbocycles. The molecule has 1 fully saturated rings. The van der Waals surface area contributed by atoms with Gasteiger partial charge < -0.3 is 9.80 Å². The van der Waals surface area contributed by atoms with Crippen LogP contribution >= 0.6 is 0 Å². The molecule has 1 N–H and O–H groups in total. The Morgan fingerprint density at radius 2 is 1.61 bits per heavy atom. The van der Waals surface area contributed by atoms with Crippen LogP contribution in [0.5, 0.6) is 0 Å². The molecule has 0 bridgehead atoms. The molecule has 0 atom stereocenters. The molecule has 41 heavy (non-hydrogen) atoms. The molecule has 1 aromatic heterocycles. The molecule has 1 saturated heterocycles. The Bertz CT molecular complexity index is 1410. The number of carbonyl (C=O) groups excluding carboxylic acids is 1. The fourth-order valence-corrected chi connectivity index (χ4v) is 6.02. The van der Waals surface area contributed by atoms with Gasteiger partial charge in [-0.25, -0.2) is 0 Å². The van der Waals surface area contributed by atoms with E-state index in [4.69, 9.17) is 4.55 Å². The molecule has 0 saturated carbocycles. The van der Waals surface area contributed by atoms with Gasteiger partial charge in [-0.05, 0) is 42.2 Å². The molecule has 4 rings (SSSR count). The van der Waals surface area contributed by atoms with Crippen molar-refractivity contribution in [1.82, 2.24) is 4.90 Å². The summed E-state index contributed by atoms with van der Waals surface area (Å²) in [4.78, 5) is 17.0. The van der Waals surface area contributed by atoms with E-state index >= 15 is 0 Å². The highest BCUT2D eigenvalue weighted by Gasteiger charge is 2.21. The van der Waals surface area contributed by atoms with Crippen LogP contribution in [0.4, 0.5) is 5.69 Å². The summed E-state index contributed by atoms with van der Waals surface area (Å²) in [5.74, 6) is 0.0954. The normalized spacial score (nSPS) is 14.3. The zero-order valence-corrected chi connectivity index (χ0v) is 25.1. The highest BCUT2D eigenvalue weighted by atomic mass is 32.2. The Balaban J connectivity index is 1.31. The van der Waals surface area contributed by atoms with Crippen LogP contribution in [0.3, 0.4) is 0 Å². The van der Waals surface area contributed by atoms with Crippen LogP contribution < -0.4 is 9.47 Å². The van der Waals surface area contributed by atoms with E-state index in [2.05, 4.69) is 71.0 Å². The van der Waals surface area contributed by atoms with Crippen LogP contribution in [-0.4, -0.2) is 55.7 Å². The average molecular weight is 579 g/mol. The van der Waals surface area contributed by atoms with E-state index in [-0.39, 0.29) is 5.75 Å². The number of nitrogens with zero attached hydrogens (tertiary/aromatic N) is 3. The summed E-state index contributed by atoms with van der Waals surface area (Å²) in [5, 5.41) is 1.13. The van der Waals surface area contributed by atoms with Crippen LogP contribution in [0, 0.1) is 0 Å². The third kappa shape index (κ3) is 9.40. The number of anilines is 1. The van der Waals surface area contributed by atoms with E-state index in [1.54, 1.807) is 0 Å². The maximum Gasteiger partial charge on any atom is 0.264 e. The molecule has 2 heterocycles. The van der Waals surface area contributed by atoms with Gasteiger partial charge in [-0.1, -0.05) is 69.0 Å². The van der Waals surface area contributed by atoms with Crippen LogP contribution in [0.15, 0.2) is 60.8 Å². The molecule has 1 aliphatic rings. The maximum absolute atomic E-state index is 12.6. The van der Waals surface area contributed by atoms with Crippen molar-refractivity contribution < 1.29 is 22.3 Å². The second kappa shape index (κ2) is 15.1. The fourth-order valence-electron chi connectivity index (χ4n) is 5.45. The summed E-state index contributed by atoms with van der Waals surface area (Å²) < 4.78 is 33.1. The Labute approximate surface area is 245 Å². The number of unbranched alkanes of at least 4 members (excludes halogenated alkanes) is 5.